The molecule has 3 aromatic carbocycles. The second kappa shape index (κ2) is 11.2. The predicted octanol–water partition coefficient (Wildman–Crippen LogP) is 5.38. The SMILES string of the molecule is CCOC(=O)C1=C(C)N(Cc2ccc(C(=O)N3CCc4ccccc4C3)cc2)C(=O)CC1c1ccccc1F. The van der Waals surface area contributed by atoms with E-state index in [4.69, 9.17) is 4.74 Å². The lowest BCUT2D eigenvalue weighted by molar-refractivity contribution is -0.140. The summed E-state index contributed by atoms with van der Waals surface area (Å²) >= 11 is 0. The lowest BCUT2D eigenvalue weighted by atomic mass is 9.83. The van der Waals surface area contributed by atoms with E-state index in [0.29, 0.717) is 35.5 Å². The summed E-state index contributed by atoms with van der Waals surface area (Å²) in [4.78, 5) is 42.8. The predicted molar refractivity (Wildman–Crippen MR) is 145 cm³/mol. The van der Waals surface area contributed by atoms with Crippen LogP contribution in [0.15, 0.2) is 84.1 Å². The third-order valence-corrected chi connectivity index (χ3v) is 7.56. The van der Waals surface area contributed by atoms with Crippen LogP contribution in [0.2, 0.25) is 0 Å². The average molecular weight is 527 g/mol. The fourth-order valence-electron chi connectivity index (χ4n) is 5.49. The summed E-state index contributed by atoms with van der Waals surface area (Å²) in [5.74, 6) is -1.97. The normalized spacial score (nSPS) is 17.2. The van der Waals surface area contributed by atoms with Gasteiger partial charge in [0.25, 0.3) is 5.91 Å². The van der Waals surface area contributed by atoms with Gasteiger partial charge in [-0.1, -0.05) is 54.6 Å². The Kier molecular flexibility index (Phi) is 7.59. The first kappa shape index (κ1) is 26.4. The van der Waals surface area contributed by atoms with Crippen LogP contribution >= 0.6 is 0 Å². The van der Waals surface area contributed by atoms with E-state index < -0.39 is 17.7 Å². The molecule has 6 nitrogen and oxygen atoms in total. The highest BCUT2D eigenvalue weighted by atomic mass is 19.1. The van der Waals surface area contributed by atoms with Crippen molar-refractivity contribution in [2.45, 2.75) is 45.7 Å². The van der Waals surface area contributed by atoms with Crippen molar-refractivity contribution < 1.29 is 23.5 Å². The number of allylic oxidation sites excluding steroid dienone is 1. The van der Waals surface area contributed by atoms with Crippen molar-refractivity contribution >= 4 is 17.8 Å². The van der Waals surface area contributed by atoms with E-state index in [9.17, 15) is 18.8 Å². The number of hydrogen-bond donors (Lipinski definition) is 0. The summed E-state index contributed by atoms with van der Waals surface area (Å²) in [5, 5.41) is 0. The summed E-state index contributed by atoms with van der Waals surface area (Å²) in [5.41, 5.74) is 4.90. The van der Waals surface area contributed by atoms with Crippen molar-refractivity contribution in [1.82, 2.24) is 9.80 Å². The molecule has 0 bridgehead atoms. The molecule has 39 heavy (non-hydrogen) atoms. The van der Waals surface area contributed by atoms with Gasteiger partial charge < -0.3 is 14.5 Å². The molecule has 200 valence electrons. The van der Waals surface area contributed by atoms with Crippen molar-refractivity contribution in [2.75, 3.05) is 13.2 Å². The molecule has 1 unspecified atom stereocenters. The Labute approximate surface area is 227 Å². The Bertz CT molecular complexity index is 1450. The maximum absolute atomic E-state index is 14.7. The van der Waals surface area contributed by atoms with Crippen LogP contribution in [-0.4, -0.2) is 40.7 Å². The van der Waals surface area contributed by atoms with Gasteiger partial charge in [-0.2, -0.15) is 0 Å². The summed E-state index contributed by atoms with van der Waals surface area (Å²) < 4.78 is 20.0. The second-order valence-corrected chi connectivity index (χ2v) is 9.92. The van der Waals surface area contributed by atoms with Crippen molar-refractivity contribution in [1.29, 1.82) is 0 Å². The molecule has 0 N–H and O–H groups in total. The molecule has 0 saturated heterocycles. The standard InChI is InChI=1S/C32H31FN2O4/c1-3-39-32(38)30-21(2)35(29(36)18-27(30)26-10-6-7-11-28(26)33)19-22-12-14-24(15-13-22)31(37)34-17-16-23-8-4-5-9-25(23)20-34/h4-15,27H,3,16-20H2,1-2H3. The first-order chi connectivity index (χ1) is 18.9. The molecular formula is C32H31FN2O4. The van der Waals surface area contributed by atoms with Gasteiger partial charge in [-0.15, -0.1) is 0 Å². The number of amides is 2. The number of hydrogen-bond acceptors (Lipinski definition) is 4. The average Bonchev–Trinajstić information content (AvgIpc) is 2.95. The zero-order valence-electron chi connectivity index (χ0n) is 22.2. The largest absolute Gasteiger partial charge is 0.463 e. The van der Waals surface area contributed by atoms with Gasteiger partial charge in [-0.3, -0.25) is 9.59 Å². The maximum Gasteiger partial charge on any atom is 0.336 e. The van der Waals surface area contributed by atoms with Crippen LogP contribution in [0.1, 0.15) is 58.8 Å². The molecule has 0 saturated carbocycles. The highest BCUT2D eigenvalue weighted by Gasteiger charge is 2.38. The van der Waals surface area contributed by atoms with Crippen molar-refractivity contribution in [3.63, 3.8) is 0 Å². The fourth-order valence-corrected chi connectivity index (χ4v) is 5.49. The molecule has 2 heterocycles. The van der Waals surface area contributed by atoms with Gasteiger partial charge in [0, 0.05) is 36.7 Å². The number of carbonyl (C=O) groups excluding carboxylic acids is 3. The van der Waals surface area contributed by atoms with Gasteiger partial charge in [0.2, 0.25) is 5.91 Å². The number of rotatable bonds is 6. The number of benzene rings is 3. The number of nitrogens with zero attached hydrogens (tertiary/aromatic N) is 2. The van der Waals surface area contributed by atoms with Crippen LogP contribution in [0.3, 0.4) is 0 Å². The molecule has 2 aliphatic heterocycles. The smallest absolute Gasteiger partial charge is 0.336 e. The van der Waals surface area contributed by atoms with E-state index in [-0.39, 0.29) is 31.4 Å². The molecule has 0 fully saturated rings. The number of halogens is 1. The zero-order chi connectivity index (χ0) is 27.5. The topological polar surface area (TPSA) is 66.9 Å². The Morgan fingerprint density at radius 3 is 2.38 bits per heavy atom. The van der Waals surface area contributed by atoms with E-state index in [1.54, 1.807) is 49.1 Å². The first-order valence-corrected chi connectivity index (χ1v) is 13.2. The van der Waals surface area contributed by atoms with E-state index in [0.717, 1.165) is 12.0 Å². The molecule has 7 heteroatoms. The molecule has 2 amide bonds. The highest BCUT2D eigenvalue weighted by Crippen LogP contribution is 2.38. The first-order valence-electron chi connectivity index (χ1n) is 13.2. The van der Waals surface area contributed by atoms with Crippen LogP contribution in [0.25, 0.3) is 0 Å². The minimum atomic E-state index is -0.719. The number of esters is 1. The zero-order valence-corrected chi connectivity index (χ0v) is 22.2. The Balaban J connectivity index is 1.36. The monoisotopic (exact) mass is 526 g/mol. The Morgan fingerprint density at radius 1 is 0.974 bits per heavy atom. The van der Waals surface area contributed by atoms with Gasteiger partial charge in [0.05, 0.1) is 18.7 Å². The van der Waals surface area contributed by atoms with Gasteiger partial charge in [-0.25, -0.2) is 9.18 Å². The fraction of sp³-hybridized carbons (Fsp3) is 0.281. The third kappa shape index (κ3) is 5.35. The van der Waals surface area contributed by atoms with Crippen LogP contribution in [-0.2, 0) is 33.8 Å². The molecule has 2 aliphatic rings. The van der Waals surface area contributed by atoms with Gasteiger partial charge in [0.1, 0.15) is 5.82 Å². The number of ether oxygens (including phenoxy) is 1. The molecule has 0 aliphatic carbocycles. The summed E-state index contributed by atoms with van der Waals surface area (Å²) in [7, 11) is 0. The number of carbonyl (C=O) groups is 3. The number of fused-ring (bicyclic) bond motifs is 1. The van der Waals surface area contributed by atoms with E-state index in [2.05, 4.69) is 12.1 Å². The summed E-state index contributed by atoms with van der Waals surface area (Å²) in [6.07, 6.45) is 0.790. The second-order valence-electron chi connectivity index (χ2n) is 9.92. The Morgan fingerprint density at radius 2 is 1.67 bits per heavy atom. The van der Waals surface area contributed by atoms with Crippen molar-refractivity contribution in [3.8, 4) is 0 Å². The van der Waals surface area contributed by atoms with Crippen LogP contribution in [0, 0.1) is 5.82 Å². The van der Waals surface area contributed by atoms with E-state index in [1.807, 2.05) is 29.2 Å². The van der Waals surface area contributed by atoms with E-state index in [1.165, 1.54) is 17.2 Å². The molecule has 5 rings (SSSR count). The van der Waals surface area contributed by atoms with Crippen molar-refractivity contribution in [2.24, 2.45) is 0 Å². The van der Waals surface area contributed by atoms with Crippen molar-refractivity contribution in [3.05, 3.63) is 118 Å². The van der Waals surface area contributed by atoms with Gasteiger partial charge in [0.15, 0.2) is 0 Å². The van der Waals surface area contributed by atoms with Crippen LogP contribution in [0.4, 0.5) is 4.39 Å². The molecule has 3 aromatic rings. The molecule has 0 spiro atoms. The maximum atomic E-state index is 14.7. The Hall–Kier alpha value is -4.26. The lowest BCUT2D eigenvalue weighted by Gasteiger charge is -2.34. The molecule has 0 aromatic heterocycles. The summed E-state index contributed by atoms with van der Waals surface area (Å²) in [6, 6.07) is 21.6. The van der Waals surface area contributed by atoms with Crippen LogP contribution < -0.4 is 0 Å². The molecule has 0 radical (unpaired) electrons. The van der Waals surface area contributed by atoms with Gasteiger partial charge >= 0.3 is 5.97 Å². The highest BCUT2D eigenvalue weighted by molar-refractivity contribution is 5.96. The lowest BCUT2D eigenvalue weighted by Crippen LogP contribution is -2.38. The molecule has 1 atom stereocenters. The third-order valence-electron chi connectivity index (χ3n) is 7.56. The quantitative estimate of drug-likeness (QED) is 0.405. The van der Waals surface area contributed by atoms with Gasteiger partial charge in [-0.05, 0) is 60.7 Å². The van der Waals surface area contributed by atoms with Crippen LogP contribution in [0.5, 0.6) is 0 Å². The summed E-state index contributed by atoms with van der Waals surface area (Å²) in [6.45, 7) is 5.06. The minimum absolute atomic E-state index is 0.0292. The molecular weight excluding hydrogens is 495 g/mol. The minimum Gasteiger partial charge on any atom is -0.463 e. The van der Waals surface area contributed by atoms with E-state index >= 15 is 0 Å².